The standard InChI is InChI=1S/C11H20O5/c1-2-3-4-5-6-16-8-10(14)11(15)9(13)7-12/h2-5,9-15H,6-8H2,1H3/t9-,10+,11+/m1/s1. The van der Waals surface area contributed by atoms with Crippen LogP contribution in [0.25, 0.3) is 0 Å². The Kier molecular flexibility index (Phi) is 9.07. The third-order valence-corrected chi connectivity index (χ3v) is 1.92. The maximum Gasteiger partial charge on any atom is 0.110 e. The monoisotopic (exact) mass is 232 g/mol. The average molecular weight is 232 g/mol. The Balaban J connectivity index is 3.68. The highest BCUT2D eigenvalue weighted by atomic mass is 16.5. The smallest absolute Gasteiger partial charge is 0.110 e. The molecule has 16 heavy (non-hydrogen) atoms. The van der Waals surface area contributed by atoms with Crippen LogP contribution in [-0.2, 0) is 4.74 Å². The Labute approximate surface area is 95.3 Å². The Morgan fingerprint density at radius 1 is 1.12 bits per heavy atom. The maximum atomic E-state index is 9.34. The van der Waals surface area contributed by atoms with Crippen molar-refractivity contribution in [2.75, 3.05) is 19.8 Å². The Hall–Kier alpha value is -0.720. The van der Waals surface area contributed by atoms with E-state index in [9.17, 15) is 10.2 Å². The number of hydrogen-bond donors (Lipinski definition) is 4. The predicted molar refractivity (Wildman–Crippen MR) is 59.9 cm³/mol. The first kappa shape index (κ1) is 15.3. The lowest BCUT2D eigenvalue weighted by molar-refractivity contribution is -0.0974. The topological polar surface area (TPSA) is 90.2 Å². The second-order valence-corrected chi connectivity index (χ2v) is 3.30. The lowest BCUT2D eigenvalue weighted by atomic mass is 10.1. The summed E-state index contributed by atoms with van der Waals surface area (Å²) in [6.07, 6.45) is 3.29. The van der Waals surface area contributed by atoms with Crippen LogP contribution in [-0.4, -0.2) is 58.6 Å². The van der Waals surface area contributed by atoms with Gasteiger partial charge in [0.1, 0.15) is 18.3 Å². The van der Waals surface area contributed by atoms with Gasteiger partial charge in [-0.3, -0.25) is 0 Å². The summed E-state index contributed by atoms with van der Waals surface area (Å²) in [4.78, 5) is 0. The zero-order valence-electron chi connectivity index (χ0n) is 9.36. The van der Waals surface area contributed by atoms with Gasteiger partial charge in [-0.25, -0.2) is 0 Å². The van der Waals surface area contributed by atoms with E-state index in [1.807, 2.05) is 19.1 Å². The molecule has 0 saturated heterocycles. The molecule has 0 aliphatic carbocycles. The second kappa shape index (κ2) is 9.50. The summed E-state index contributed by atoms with van der Waals surface area (Å²) in [7, 11) is 0. The molecule has 0 unspecified atom stereocenters. The van der Waals surface area contributed by atoms with Crippen LogP contribution >= 0.6 is 0 Å². The summed E-state index contributed by atoms with van der Waals surface area (Å²) in [6.45, 7) is 1.50. The molecule has 0 fully saturated rings. The Bertz CT molecular complexity index is 214. The first-order valence-electron chi connectivity index (χ1n) is 5.14. The molecule has 0 aromatic rings. The van der Waals surface area contributed by atoms with Crippen molar-refractivity contribution in [3.05, 3.63) is 24.3 Å². The highest BCUT2D eigenvalue weighted by Crippen LogP contribution is 2.00. The van der Waals surface area contributed by atoms with Gasteiger partial charge in [-0.1, -0.05) is 24.3 Å². The minimum atomic E-state index is -1.40. The minimum absolute atomic E-state index is 0.0988. The molecule has 0 rings (SSSR count). The van der Waals surface area contributed by atoms with Crippen molar-refractivity contribution < 1.29 is 25.2 Å². The SMILES string of the molecule is CC=CC=CCOC[C@H](O)[C@@H](O)[C@H](O)CO. The first-order chi connectivity index (χ1) is 7.63. The molecule has 0 heterocycles. The van der Waals surface area contributed by atoms with Crippen LogP contribution in [0.3, 0.4) is 0 Å². The number of rotatable bonds is 8. The van der Waals surface area contributed by atoms with Crippen LogP contribution < -0.4 is 0 Å². The van der Waals surface area contributed by atoms with Crippen molar-refractivity contribution in [3.63, 3.8) is 0 Å². The van der Waals surface area contributed by atoms with E-state index < -0.39 is 24.9 Å². The molecule has 0 aliphatic heterocycles. The molecule has 5 nitrogen and oxygen atoms in total. The van der Waals surface area contributed by atoms with Crippen LogP contribution in [0.5, 0.6) is 0 Å². The molecule has 5 heteroatoms. The van der Waals surface area contributed by atoms with E-state index in [0.717, 1.165) is 0 Å². The molecular formula is C11H20O5. The van der Waals surface area contributed by atoms with Gasteiger partial charge in [0.05, 0.1) is 19.8 Å². The Morgan fingerprint density at radius 3 is 2.38 bits per heavy atom. The molecule has 0 spiro atoms. The molecule has 0 radical (unpaired) electrons. The molecule has 4 N–H and O–H groups in total. The van der Waals surface area contributed by atoms with E-state index >= 15 is 0 Å². The van der Waals surface area contributed by atoms with Crippen LogP contribution in [0.4, 0.5) is 0 Å². The van der Waals surface area contributed by atoms with Crippen LogP contribution in [0, 0.1) is 0 Å². The maximum absolute atomic E-state index is 9.34. The molecule has 94 valence electrons. The fraction of sp³-hybridized carbons (Fsp3) is 0.636. The second-order valence-electron chi connectivity index (χ2n) is 3.30. The van der Waals surface area contributed by atoms with E-state index in [1.165, 1.54) is 0 Å². The Morgan fingerprint density at radius 2 is 1.81 bits per heavy atom. The molecule has 0 aromatic heterocycles. The number of aliphatic hydroxyl groups is 4. The highest BCUT2D eigenvalue weighted by molar-refractivity contribution is 5.00. The molecule has 0 bridgehead atoms. The van der Waals surface area contributed by atoms with Crippen molar-refractivity contribution in [3.8, 4) is 0 Å². The van der Waals surface area contributed by atoms with Gasteiger partial charge in [0, 0.05) is 0 Å². The average Bonchev–Trinajstić information content (AvgIpc) is 2.31. The van der Waals surface area contributed by atoms with E-state index in [1.54, 1.807) is 12.2 Å². The summed E-state index contributed by atoms with van der Waals surface area (Å²) in [5.41, 5.74) is 0. The zero-order valence-corrected chi connectivity index (χ0v) is 9.36. The summed E-state index contributed by atoms with van der Waals surface area (Å²) in [6, 6.07) is 0. The summed E-state index contributed by atoms with van der Waals surface area (Å²) in [5, 5.41) is 36.2. The third-order valence-electron chi connectivity index (χ3n) is 1.92. The quantitative estimate of drug-likeness (QED) is 0.325. The van der Waals surface area contributed by atoms with Gasteiger partial charge in [-0.05, 0) is 6.92 Å². The summed E-state index contributed by atoms with van der Waals surface area (Å²) in [5.74, 6) is 0. The third kappa shape index (κ3) is 6.71. The van der Waals surface area contributed by atoms with Crippen LogP contribution in [0.2, 0.25) is 0 Å². The van der Waals surface area contributed by atoms with Crippen LogP contribution in [0.15, 0.2) is 24.3 Å². The van der Waals surface area contributed by atoms with E-state index in [0.29, 0.717) is 6.61 Å². The number of hydrogen-bond acceptors (Lipinski definition) is 5. The van der Waals surface area contributed by atoms with Gasteiger partial charge in [-0.2, -0.15) is 0 Å². The fourth-order valence-corrected chi connectivity index (χ4v) is 0.965. The van der Waals surface area contributed by atoms with Crippen molar-refractivity contribution in [1.82, 2.24) is 0 Å². The molecule has 0 saturated carbocycles. The summed E-state index contributed by atoms with van der Waals surface area (Å²) < 4.78 is 5.03. The van der Waals surface area contributed by atoms with Crippen molar-refractivity contribution >= 4 is 0 Å². The fourth-order valence-electron chi connectivity index (χ4n) is 0.965. The minimum Gasteiger partial charge on any atom is -0.394 e. The highest BCUT2D eigenvalue weighted by Gasteiger charge is 2.23. The number of aliphatic hydroxyl groups excluding tert-OH is 4. The molecule has 0 aliphatic rings. The van der Waals surface area contributed by atoms with Gasteiger partial charge >= 0.3 is 0 Å². The van der Waals surface area contributed by atoms with Crippen molar-refractivity contribution in [2.24, 2.45) is 0 Å². The summed E-state index contributed by atoms with van der Waals surface area (Å²) >= 11 is 0. The van der Waals surface area contributed by atoms with Crippen molar-refractivity contribution in [1.29, 1.82) is 0 Å². The van der Waals surface area contributed by atoms with Gasteiger partial charge in [0.25, 0.3) is 0 Å². The van der Waals surface area contributed by atoms with E-state index in [-0.39, 0.29) is 6.61 Å². The van der Waals surface area contributed by atoms with Crippen LogP contribution in [0.1, 0.15) is 6.92 Å². The van der Waals surface area contributed by atoms with Crippen molar-refractivity contribution in [2.45, 2.75) is 25.2 Å². The number of ether oxygens (including phenoxy) is 1. The van der Waals surface area contributed by atoms with E-state index in [2.05, 4.69) is 0 Å². The molecule has 3 atom stereocenters. The predicted octanol–water partition coefficient (Wildman–Crippen LogP) is -0.790. The number of allylic oxidation sites excluding steroid dienone is 3. The van der Waals surface area contributed by atoms with Gasteiger partial charge in [-0.15, -0.1) is 0 Å². The normalized spacial score (nSPS) is 18.1. The zero-order chi connectivity index (χ0) is 12.4. The van der Waals surface area contributed by atoms with Gasteiger partial charge in [0.2, 0.25) is 0 Å². The lowest BCUT2D eigenvalue weighted by Gasteiger charge is -2.20. The lowest BCUT2D eigenvalue weighted by Crippen LogP contribution is -2.41. The largest absolute Gasteiger partial charge is 0.394 e. The molecule has 0 amide bonds. The van der Waals surface area contributed by atoms with Gasteiger partial charge < -0.3 is 25.2 Å². The van der Waals surface area contributed by atoms with E-state index in [4.69, 9.17) is 14.9 Å². The molecule has 0 aromatic carbocycles. The van der Waals surface area contributed by atoms with Gasteiger partial charge in [0.15, 0.2) is 0 Å². The molecular weight excluding hydrogens is 212 g/mol. The first-order valence-corrected chi connectivity index (χ1v) is 5.14.